The number of piperidine rings is 2. The fourth-order valence-corrected chi connectivity index (χ4v) is 5.72. The zero-order chi connectivity index (χ0) is 30.7. The van der Waals surface area contributed by atoms with Gasteiger partial charge in [0, 0.05) is 44.6 Å². The largest absolute Gasteiger partial charge is 0.416 e. The van der Waals surface area contributed by atoms with E-state index in [4.69, 9.17) is 4.74 Å². The van der Waals surface area contributed by atoms with Gasteiger partial charge in [0.2, 0.25) is 5.91 Å². The normalized spacial score (nSPS) is 21.2. The number of nitrogens with one attached hydrogen (secondary N) is 1. The molecule has 2 aromatic rings. The average molecular weight is 600 g/mol. The Labute approximate surface area is 241 Å². The molecule has 6 nitrogen and oxygen atoms in total. The number of amides is 3. The molecule has 230 valence electrons. The number of likely N-dealkylation sites (tertiary alicyclic amines) is 2. The van der Waals surface area contributed by atoms with Crippen molar-refractivity contribution in [1.29, 1.82) is 0 Å². The lowest BCUT2D eigenvalue weighted by atomic mass is 9.86. The summed E-state index contributed by atoms with van der Waals surface area (Å²) in [6.07, 6.45) is -10.1. The number of urea groups is 1. The lowest BCUT2D eigenvalue weighted by Crippen LogP contribution is -2.51. The molecule has 2 aliphatic rings. The molecule has 42 heavy (non-hydrogen) atoms. The van der Waals surface area contributed by atoms with Crippen molar-refractivity contribution in [1.82, 2.24) is 15.1 Å². The van der Waals surface area contributed by atoms with Crippen LogP contribution in [0.4, 0.5) is 31.1 Å². The van der Waals surface area contributed by atoms with Gasteiger partial charge in [-0.05, 0) is 62.4 Å². The van der Waals surface area contributed by atoms with Crippen molar-refractivity contribution in [2.75, 3.05) is 32.7 Å². The fourth-order valence-electron chi connectivity index (χ4n) is 5.72. The van der Waals surface area contributed by atoms with Crippen LogP contribution in [-0.2, 0) is 21.9 Å². The molecule has 12 heteroatoms. The van der Waals surface area contributed by atoms with Gasteiger partial charge in [-0.1, -0.05) is 30.3 Å². The molecular weight excluding hydrogens is 564 g/mol. The van der Waals surface area contributed by atoms with E-state index in [1.807, 2.05) is 37.3 Å². The highest BCUT2D eigenvalue weighted by molar-refractivity contribution is 5.80. The number of nitrogens with zero attached hydrogens (tertiary/aromatic N) is 2. The summed E-state index contributed by atoms with van der Waals surface area (Å²) in [6.45, 7) is 5.38. The van der Waals surface area contributed by atoms with Gasteiger partial charge in [-0.25, -0.2) is 4.79 Å². The van der Waals surface area contributed by atoms with E-state index in [1.54, 1.807) is 9.80 Å². The molecule has 3 atom stereocenters. The predicted molar refractivity (Wildman–Crippen MR) is 143 cm³/mol. The number of ether oxygens (including phenoxy) is 1. The summed E-state index contributed by atoms with van der Waals surface area (Å²) in [6, 6.07) is 10.6. The summed E-state index contributed by atoms with van der Waals surface area (Å²) in [5, 5.41) is 2.77. The van der Waals surface area contributed by atoms with Crippen LogP contribution in [0.25, 0.3) is 0 Å². The highest BCUT2D eigenvalue weighted by Gasteiger charge is 2.40. The van der Waals surface area contributed by atoms with Crippen molar-refractivity contribution in [3.63, 3.8) is 0 Å². The van der Waals surface area contributed by atoms with E-state index in [0.717, 1.165) is 5.56 Å². The van der Waals surface area contributed by atoms with Gasteiger partial charge in [-0.15, -0.1) is 0 Å². The summed E-state index contributed by atoms with van der Waals surface area (Å²) < 4.78 is 86.8. The lowest BCUT2D eigenvalue weighted by molar-refractivity contribution is -0.143. The van der Waals surface area contributed by atoms with Gasteiger partial charge in [0.15, 0.2) is 0 Å². The van der Waals surface area contributed by atoms with E-state index < -0.39 is 35.7 Å². The Morgan fingerprint density at radius 3 is 2.02 bits per heavy atom. The van der Waals surface area contributed by atoms with E-state index >= 15 is 0 Å². The van der Waals surface area contributed by atoms with Crippen molar-refractivity contribution < 1.29 is 40.7 Å². The van der Waals surface area contributed by atoms with E-state index in [2.05, 4.69) is 5.32 Å². The molecule has 0 saturated carbocycles. The molecule has 2 aliphatic heterocycles. The van der Waals surface area contributed by atoms with Crippen molar-refractivity contribution in [3.05, 3.63) is 70.8 Å². The van der Waals surface area contributed by atoms with E-state index in [1.165, 1.54) is 6.92 Å². The SMILES string of the molecule is CCNC(=O)N1CCC(C(=O)N2CCC(O[C@H](C)c3cc(C(F)(F)F)cc(C(F)(F)F)c3)[C@H](c3ccccc3)C2)CC1. The molecule has 3 amide bonds. The molecule has 0 aliphatic carbocycles. The first kappa shape index (κ1) is 31.7. The fraction of sp³-hybridized carbons (Fsp3) is 0.533. The maximum Gasteiger partial charge on any atom is 0.416 e. The third kappa shape index (κ3) is 7.56. The Kier molecular flexibility index (Phi) is 9.74. The smallest absolute Gasteiger partial charge is 0.370 e. The highest BCUT2D eigenvalue weighted by atomic mass is 19.4. The lowest BCUT2D eigenvalue weighted by Gasteiger charge is -2.42. The predicted octanol–water partition coefficient (Wildman–Crippen LogP) is 6.63. The van der Waals surface area contributed by atoms with Gasteiger partial charge in [-0.2, -0.15) is 26.3 Å². The molecule has 0 radical (unpaired) electrons. The first-order chi connectivity index (χ1) is 19.8. The van der Waals surface area contributed by atoms with Crippen LogP contribution in [0.1, 0.15) is 67.4 Å². The second kappa shape index (κ2) is 12.9. The molecule has 4 rings (SSSR count). The summed E-state index contributed by atoms with van der Waals surface area (Å²) in [7, 11) is 0. The number of carbonyl (C=O) groups is 2. The Morgan fingerprint density at radius 2 is 1.48 bits per heavy atom. The van der Waals surface area contributed by atoms with Gasteiger partial charge >= 0.3 is 18.4 Å². The van der Waals surface area contributed by atoms with Crippen LogP contribution in [0.2, 0.25) is 0 Å². The average Bonchev–Trinajstić information content (AvgIpc) is 2.96. The van der Waals surface area contributed by atoms with Crippen LogP contribution in [0, 0.1) is 5.92 Å². The molecular formula is C30H35F6N3O3. The van der Waals surface area contributed by atoms with Crippen LogP contribution in [-0.4, -0.2) is 60.6 Å². The molecule has 0 bridgehead atoms. The first-order valence-corrected chi connectivity index (χ1v) is 14.1. The molecule has 1 unspecified atom stereocenters. The number of hydrogen-bond donors (Lipinski definition) is 1. The third-order valence-corrected chi connectivity index (χ3v) is 8.01. The van der Waals surface area contributed by atoms with Gasteiger partial charge in [0.1, 0.15) is 0 Å². The van der Waals surface area contributed by atoms with E-state index in [9.17, 15) is 35.9 Å². The van der Waals surface area contributed by atoms with Crippen molar-refractivity contribution in [2.24, 2.45) is 5.92 Å². The minimum Gasteiger partial charge on any atom is -0.370 e. The number of alkyl halides is 6. The van der Waals surface area contributed by atoms with Crippen LogP contribution < -0.4 is 5.32 Å². The zero-order valence-corrected chi connectivity index (χ0v) is 23.5. The molecule has 1 N–H and O–H groups in total. The Hall–Kier alpha value is -3.28. The first-order valence-electron chi connectivity index (χ1n) is 14.1. The highest BCUT2D eigenvalue weighted by Crippen LogP contribution is 2.40. The van der Waals surface area contributed by atoms with Crippen molar-refractivity contribution in [2.45, 2.75) is 63.6 Å². The summed E-state index contributed by atoms with van der Waals surface area (Å²) >= 11 is 0. The second-order valence-corrected chi connectivity index (χ2v) is 10.8. The second-order valence-electron chi connectivity index (χ2n) is 10.8. The number of halogens is 6. The van der Waals surface area contributed by atoms with E-state index in [-0.39, 0.29) is 35.4 Å². The van der Waals surface area contributed by atoms with Crippen LogP contribution in [0.15, 0.2) is 48.5 Å². The minimum absolute atomic E-state index is 0.0225. The van der Waals surface area contributed by atoms with Crippen molar-refractivity contribution in [3.8, 4) is 0 Å². The van der Waals surface area contributed by atoms with Crippen LogP contribution in [0.3, 0.4) is 0 Å². The number of hydrogen-bond acceptors (Lipinski definition) is 3. The van der Waals surface area contributed by atoms with E-state index in [0.29, 0.717) is 64.1 Å². The van der Waals surface area contributed by atoms with Gasteiger partial charge in [-0.3, -0.25) is 4.79 Å². The molecule has 2 saturated heterocycles. The maximum absolute atomic E-state index is 13.5. The van der Waals surface area contributed by atoms with Crippen LogP contribution in [0.5, 0.6) is 0 Å². The maximum atomic E-state index is 13.5. The number of benzene rings is 2. The standard InChI is InChI=1S/C30H35F6N3O3/c1-3-37-28(41)38-12-9-21(10-13-38)27(40)39-14-11-26(25(18-39)20-7-5-4-6-8-20)42-19(2)22-15-23(29(31,32)33)17-24(16-22)30(34,35)36/h4-8,15-17,19,21,25-26H,3,9-14,18H2,1-2H3,(H,37,41)/t19-,25+,26?/m1/s1. The molecule has 2 aromatic carbocycles. The Bertz CT molecular complexity index is 1200. The molecule has 2 heterocycles. The molecule has 0 aromatic heterocycles. The monoisotopic (exact) mass is 599 g/mol. The summed E-state index contributed by atoms with van der Waals surface area (Å²) in [5.74, 6) is -0.602. The minimum atomic E-state index is -4.95. The Balaban J connectivity index is 1.50. The van der Waals surface area contributed by atoms with Gasteiger partial charge in [0.25, 0.3) is 0 Å². The zero-order valence-electron chi connectivity index (χ0n) is 23.5. The Morgan fingerprint density at radius 1 is 0.905 bits per heavy atom. The number of rotatable bonds is 6. The van der Waals surface area contributed by atoms with Gasteiger partial charge < -0.3 is 19.9 Å². The summed E-state index contributed by atoms with van der Waals surface area (Å²) in [5.41, 5.74) is -2.14. The summed E-state index contributed by atoms with van der Waals surface area (Å²) in [4.78, 5) is 29.1. The molecule has 2 fully saturated rings. The topological polar surface area (TPSA) is 61.9 Å². The van der Waals surface area contributed by atoms with Crippen molar-refractivity contribution >= 4 is 11.9 Å². The quantitative estimate of drug-likeness (QED) is 0.380. The van der Waals surface area contributed by atoms with Gasteiger partial charge in [0.05, 0.1) is 23.3 Å². The van der Waals surface area contributed by atoms with Crippen LogP contribution >= 0.6 is 0 Å². The number of carbonyl (C=O) groups excluding carboxylic acids is 2. The third-order valence-electron chi connectivity index (χ3n) is 8.01. The molecule has 0 spiro atoms.